The molecule has 1 N–H and O–H groups in total. The molecule has 0 aliphatic carbocycles. The Kier molecular flexibility index (Phi) is 4.33. The third kappa shape index (κ3) is 3.48. The van der Waals surface area contributed by atoms with E-state index < -0.39 is 0 Å². The zero-order valence-electron chi connectivity index (χ0n) is 13.9. The second-order valence-electron chi connectivity index (χ2n) is 7.02. The van der Waals surface area contributed by atoms with E-state index in [0.717, 1.165) is 38.2 Å². The van der Waals surface area contributed by atoms with Gasteiger partial charge in [0, 0.05) is 41.5 Å². The number of thiophene rings is 1. The number of rotatable bonds is 4. The van der Waals surface area contributed by atoms with Gasteiger partial charge in [0.2, 0.25) is 0 Å². The van der Waals surface area contributed by atoms with Crippen molar-refractivity contribution < 1.29 is 9.13 Å². The molecule has 0 saturated carbocycles. The largest absolute Gasteiger partial charge is 0.380 e. The molecule has 1 aromatic carbocycles. The zero-order chi connectivity index (χ0) is 16.6. The number of halogens is 1. The highest BCUT2D eigenvalue weighted by atomic mass is 32.1. The maximum absolute atomic E-state index is 13.3. The minimum absolute atomic E-state index is 0.0305. The van der Waals surface area contributed by atoms with E-state index in [1.807, 2.05) is 17.4 Å². The average Bonchev–Trinajstić information content (AvgIpc) is 3.23. The van der Waals surface area contributed by atoms with Gasteiger partial charge in [-0.2, -0.15) is 0 Å². The maximum atomic E-state index is 13.3. The third-order valence-corrected chi connectivity index (χ3v) is 5.96. The van der Waals surface area contributed by atoms with E-state index in [1.165, 1.54) is 15.8 Å². The zero-order valence-corrected chi connectivity index (χ0v) is 14.7. The number of hydrogen-bond donors (Lipinski definition) is 1. The number of nitrogens with zero attached hydrogens (tertiary/aromatic N) is 1. The predicted molar refractivity (Wildman–Crippen MR) is 96.1 cm³/mol. The lowest BCUT2D eigenvalue weighted by atomic mass is 9.97. The normalized spacial score (nSPS) is 27.2. The molecular weight excluding hydrogens is 323 g/mol. The second kappa shape index (κ2) is 6.47. The summed E-state index contributed by atoms with van der Waals surface area (Å²) in [4.78, 5) is 5.29. The lowest BCUT2D eigenvalue weighted by Gasteiger charge is -2.23. The summed E-state index contributed by atoms with van der Waals surface area (Å²) in [6, 6.07) is 11.4. The van der Waals surface area contributed by atoms with Crippen LogP contribution in [0.1, 0.15) is 22.6 Å². The summed E-state index contributed by atoms with van der Waals surface area (Å²) in [7, 11) is 0. The highest BCUT2D eigenvalue weighted by Crippen LogP contribution is 2.37. The van der Waals surface area contributed by atoms with Crippen LogP contribution in [0.25, 0.3) is 0 Å². The van der Waals surface area contributed by atoms with Gasteiger partial charge in [-0.3, -0.25) is 4.90 Å². The molecule has 128 valence electrons. The fourth-order valence-corrected chi connectivity index (χ4v) is 4.82. The maximum Gasteiger partial charge on any atom is 0.125 e. The molecule has 2 aliphatic heterocycles. The van der Waals surface area contributed by atoms with Gasteiger partial charge in [0.15, 0.2) is 0 Å². The standard InChI is InChI=1S/C19H23FN2OS/c1-14-5-6-18(24-14)11-22-8-7-19(13-22)10-17(12-23-19)21-16-4-2-3-15(20)9-16/h2-6,9,17,21H,7-8,10-13H2,1H3/t17-,19+/m1/s1. The van der Waals surface area contributed by atoms with Crippen molar-refractivity contribution in [3.05, 3.63) is 52.0 Å². The van der Waals surface area contributed by atoms with E-state index in [1.54, 1.807) is 12.1 Å². The van der Waals surface area contributed by atoms with E-state index in [0.29, 0.717) is 6.61 Å². The molecule has 1 aromatic heterocycles. The minimum Gasteiger partial charge on any atom is -0.380 e. The van der Waals surface area contributed by atoms with Gasteiger partial charge in [0.05, 0.1) is 18.2 Å². The Hall–Kier alpha value is -1.43. The lowest BCUT2D eigenvalue weighted by Crippen LogP contribution is -2.33. The number of aryl methyl sites for hydroxylation is 1. The van der Waals surface area contributed by atoms with Crippen molar-refractivity contribution in [1.82, 2.24) is 4.90 Å². The highest BCUT2D eigenvalue weighted by molar-refractivity contribution is 7.11. The molecule has 1 spiro atoms. The Balaban J connectivity index is 1.34. The molecule has 5 heteroatoms. The van der Waals surface area contributed by atoms with Crippen LogP contribution in [0.4, 0.5) is 10.1 Å². The fraction of sp³-hybridized carbons (Fsp3) is 0.474. The molecule has 2 saturated heterocycles. The first-order valence-electron chi connectivity index (χ1n) is 8.54. The van der Waals surface area contributed by atoms with Crippen LogP contribution in [0.3, 0.4) is 0 Å². The Labute approximate surface area is 146 Å². The molecular formula is C19H23FN2OS. The van der Waals surface area contributed by atoms with Crippen molar-refractivity contribution in [2.45, 2.75) is 38.0 Å². The topological polar surface area (TPSA) is 24.5 Å². The average molecular weight is 346 g/mol. The fourth-order valence-electron chi connectivity index (χ4n) is 3.89. The van der Waals surface area contributed by atoms with Gasteiger partial charge in [-0.05, 0) is 43.7 Å². The molecule has 0 unspecified atom stereocenters. The van der Waals surface area contributed by atoms with Gasteiger partial charge in [-0.15, -0.1) is 11.3 Å². The third-order valence-electron chi connectivity index (χ3n) is 4.98. The number of likely N-dealkylation sites (tertiary alicyclic amines) is 1. The van der Waals surface area contributed by atoms with Gasteiger partial charge in [0.25, 0.3) is 0 Å². The Morgan fingerprint density at radius 2 is 2.29 bits per heavy atom. The summed E-state index contributed by atoms with van der Waals surface area (Å²) in [6.07, 6.45) is 2.07. The number of hydrogen-bond acceptors (Lipinski definition) is 4. The van der Waals surface area contributed by atoms with Crippen molar-refractivity contribution >= 4 is 17.0 Å². The van der Waals surface area contributed by atoms with E-state index in [-0.39, 0.29) is 17.5 Å². The van der Waals surface area contributed by atoms with Crippen LogP contribution in [0, 0.1) is 12.7 Å². The van der Waals surface area contributed by atoms with Crippen LogP contribution in [-0.2, 0) is 11.3 Å². The van der Waals surface area contributed by atoms with Crippen molar-refractivity contribution in [2.75, 3.05) is 25.0 Å². The van der Waals surface area contributed by atoms with E-state index >= 15 is 0 Å². The summed E-state index contributed by atoms with van der Waals surface area (Å²) in [5.41, 5.74) is 0.807. The molecule has 4 rings (SSSR count). The Morgan fingerprint density at radius 3 is 3.08 bits per heavy atom. The molecule has 0 bridgehead atoms. The van der Waals surface area contributed by atoms with Crippen molar-refractivity contribution in [3.8, 4) is 0 Å². The van der Waals surface area contributed by atoms with Crippen LogP contribution in [0.5, 0.6) is 0 Å². The summed E-state index contributed by atoms with van der Waals surface area (Å²) >= 11 is 1.88. The summed E-state index contributed by atoms with van der Waals surface area (Å²) in [6.45, 7) is 5.95. The second-order valence-corrected chi connectivity index (χ2v) is 8.40. The molecule has 2 aliphatic rings. The van der Waals surface area contributed by atoms with E-state index in [2.05, 4.69) is 29.3 Å². The van der Waals surface area contributed by atoms with Crippen LogP contribution >= 0.6 is 11.3 Å². The summed E-state index contributed by atoms with van der Waals surface area (Å²) in [5.74, 6) is -0.202. The molecule has 24 heavy (non-hydrogen) atoms. The van der Waals surface area contributed by atoms with Gasteiger partial charge in [0.1, 0.15) is 5.82 Å². The van der Waals surface area contributed by atoms with Gasteiger partial charge in [-0.25, -0.2) is 4.39 Å². The van der Waals surface area contributed by atoms with Gasteiger partial charge < -0.3 is 10.1 Å². The van der Waals surface area contributed by atoms with E-state index in [9.17, 15) is 4.39 Å². The monoisotopic (exact) mass is 346 g/mol. The molecule has 2 aromatic rings. The number of nitrogens with one attached hydrogen (secondary N) is 1. The predicted octanol–water partition coefficient (Wildman–Crippen LogP) is 4.04. The molecule has 2 fully saturated rings. The van der Waals surface area contributed by atoms with Crippen LogP contribution < -0.4 is 5.32 Å². The highest BCUT2D eigenvalue weighted by Gasteiger charge is 2.45. The Bertz CT molecular complexity index is 719. The molecule has 0 amide bonds. The first-order chi connectivity index (χ1) is 11.6. The number of anilines is 1. The van der Waals surface area contributed by atoms with Crippen molar-refractivity contribution in [3.63, 3.8) is 0 Å². The van der Waals surface area contributed by atoms with Gasteiger partial charge in [-0.1, -0.05) is 6.07 Å². The quantitative estimate of drug-likeness (QED) is 0.904. The first-order valence-corrected chi connectivity index (χ1v) is 9.36. The molecule has 0 radical (unpaired) electrons. The van der Waals surface area contributed by atoms with Crippen molar-refractivity contribution in [1.29, 1.82) is 0 Å². The lowest BCUT2D eigenvalue weighted by molar-refractivity contribution is 0.0120. The van der Waals surface area contributed by atoms with Crippen LogP contribution in [0.2, 0.25) is 0 Å². The van der Waals surface area contributed by atoms with Crippen LogP contribution in [0.15, 0.2) is 36.4 Å². The first kappa shape index (κ1) is 16.1. The number of benzene rings is 1. The van der Waals surface area contributed by atoms with Gasteiger partial charge >= 0.3 is 0 Å². The molecule has 3 nitrogen and oxygen atoms in total. The summed E-state index contributed by atoms with van der Waals surface area (Å²) < 4.78 is 19.5. The summed E-state index contributed by atoms with van der Waals surface area (Å²) in [5, 5.41) is 3.42. The minimum atomic E-state index is -0.202. The van der Waals surface area contributed by atoms with Crippen molar-refractivity contribution in [2.24, 2.45) is 0 Å². The molecule has 2 atom stereocenters. The SMILES string of the molecule is Cc1ccc(CN2CC[C@]3(C[C@@H](Nc4cccc(F)c4)CO3)C2)s1. The number of ether oxygens (including phenoxy) is 1. The van der Waals surface area contributed by atoms with E-state index in [4.69, 9.17) is 4.74 Å². The van der Waals surface area contributed by atoms with Crippen LogP contribution in [-0.4, -0.2) is 36.2 Å². The Morgan fingerprint density at radius 1 is 1.38 bits per heavy atom. The smallest absolute Gasteiger partial charge is 0.125 e. The molecule has 3 heterocycles.